The van der Waals surface area contributed by atoms with Gasteiger partial charge in [0.2, 0.25) is 0 Å². The van der Waals surface area contributed by atoms with Crippen LogP contribution in [-0.4, -0.2) is 19.9 Å². The summed E-state index contributed by atoms with van der Waals surface area (Å²) in [4.78, 5) is 20.0. The summed E-state index contributed by atoms with van der Waals surface area (Å²) < 4.78 is 0. The van der Waals surface area contributed by atoms with Crippen molar-refractivity contribution in [1.29, 1.82) is 0 Å². The third-order valence-corrected chi connectivity index (χ3v) is 7.93. The average Bonchev–Trinajstić information content (AvgIpc) is 3.11. The van der Waals surface area contributed by atoms with Gasteiger partial charge in [-0.15, -0.1) is 0 Å². The maximum atomic E-state index is 5.13. The highest BCUT2D eigenvalue weighted by Gasteiger charge is 2.16. The molecule has 8 aromatic rings. The Hall–Kier alpha value is -6.00. The third-order valence-electron chi connectivity index (χ3n) is 7.93. The van der Waals surface area contributed by atoms with Crippen LogP contribution in [0.15, 0.2) is 158 Å². The molecule has 0 aliphatic carbocycles. The second kappa shape index (κ2) is 11.0. The predicted molar refractivity (Wildman–Crippen MR) is 180 cm³/mol. The molecule has 4 nitrogen and oxygen atoms in total. The number of fused-ring (bicyclic) bond motifs is 2. The Morgan fingerprint density at radius 1 is 0.364 bits per heavy atom. The van der Waals surface area contributed by atoms with E-state index in [1.807, 2.05) is 60.9 Å². The summed E-state index contributed by atoms with van der Waals surface area (Å²) in [5, 5.41) is 4.48. The summed E-state index contributed by atoms with van der Waals surface area (Å²) in [6, 6.07) is 49.9. The largest absolute Gasteiger partial charge is 0.256 e. The smallest absolute Gasteiger partial charge is 0.160 e. The Morgan fingerprint density at radius 3 is 1.68 bits per heavy atom. The molecule has 0 bridgehead atoms. The topological polar surface area (TPSA) is 51.6 Å². The zero-order valence-corrected chi connectivity index (χ0v) is 23.8. The Balaban J connectivity index is 1.39. The van der Waals surface area contributed by atoms with Crippen molar-refractivity contribution in [2.45, 2.75) is 0 Å². The number of rotatable bonds is 5. The molecule has 3 aromatic heterocycles. The molecule has 0 fully saturated rings. The van der Waals surface area contributed by atoms with Gasteiger partial charge in [0, 0.05) is 51.0 Å². The standard InChI is InChI=1S/C40H26N4/c1-3-12-28(13-4-1)37-25-38(29-14-5-2-6-15-29)44-40(43-37)34-22-32(36-24-30-16-7-8-17-31(30)26-42-36)21-33(23-34)39-35-18-10-9-11-27(35)19-20-41-39/h1-26H. The molecule has 4 heteroatoms. The van der Waals surface area contributed by atoms with Gasteiger partial charge in [0.25, 0.3) is 0 Å². The normalized spacial score (nSPS) is 11.2. The monoisotopic (exact) mass is 562 g/mol. The Labute approximate surface area is 255 Å². The first-order valence-electron chi connectivity index (χ1n) is 14.6. The van der Waals surface area contributed by atoms with Gasteiger partial charge in [0.1, 0.15) is 0 Å². The van der Waals surface area contributed by atoms with E-state index in [0.717, 1.165) is 72.1 Å². The lowest BCUT2D eigenvalue weighted by Crippen LogP contribution is -1.97. The zero-order valence-electron chi connectivity index (χ0n) is 23.8. The van der Waals surface area contributed by atoms with Gasteiger partial charge in [0.05, 0.1) is 22.8 Å². The molecule has 0 N–H and O–H groups in total. The first-order chi connectivity index (χ1) is 21.8. The van der Waals surface area contributed by atoms with E-state index >= 15 is 0 Å². The number of benzene rings is 5. The number of nitrogens with zero attached hydrogens (tertiary/aromatic N) is 4. The highest BCUT2D eigenvalue weighted by molar-refractivity contribution is 5.96. The number of hydrogen-bond donors (Lipinski definition) is 0. The number of pyridine rings is 2. The van der Waals surface area contributed by atoms with Crippen molar-refractivity contribution < 1.29 is 0 Å². The first-order valence-corrected chi connectivity index (χ1v) is 14.6. The maximum Gasteiger partial charge on any atom is 0.160 e. The highest BCUT2D eigenvalue weighted by atomic mass is 14.9. The Morgan fingerprint density at radius 2 is 0.955 bits per heavy atom. The molecule has 0 aliphatic rings. The van der Waals surface area contributed by atoms with Crippen LogP contribution in [0.2, 0.25) is 0 Å². The molecule has 3 heterocycles. The molecular formula is C40H26N4. The van der Waals surface area contributed by atoms with E-state index in [9.17, 15) is 0 Å². The predicted octanol–water partition coefficient (Wildman–Crippen LogP) is 9.91. The second-order valence-corrected chi connectivity index (χ2v) is 10.8. The van der Waals surface area contributed by atoms with Crippen LogP contribution in [0.1, 0.15) is 0 Å². The average molecular weight is 563 g/mol. The van der Waals surface area contributed by atoms with Crippen molar-refractivity contribution >= 4 is 21.5 Å². The SMILES string of the molecule is c1ccc(-c2cc(-c3ccccc3)nc(-c3cc(-c4cc5ccccc5cn4)cc(-c4nccc5ccccc45)c3)n2)cc1. The summed E-state index contributed by atoms with van der Waals surface area (Å²) in [7, 11) is 0. The molecule has 8 rings (SSSR count). The lowest BCUT2D eigenvalue weighted by atomic mass is 9.97. The molecule has 0 spiro atoms. The quantitative estimate of drug-likeness (QED) is 0.209. The van der Waals surface area contributed by atoms with Crippen LogP contribution in [0.25, 0.3) is 78.0 Å². The van der Waals surface area contributed by atoms with Crippen molar-refractivity contribution in [2.24, 2.45) is 0 Å². The summed E-state index contributed by atoms with van der Waals surface area (Å²) in [6.07, 6.45) is 3.81. The van der Waals surface area contributed by atoms with E-state index < -0.39 is 0 Å². The van der Waals surface area contributed by atoms with Crippen molar-refractivity contribution in [3.8, 4) is 56.4 Å². The molecule has 0 saturated carbocycles. The third kappa shape index (κ3) is 4.89. The van der Waals surface area contributed by atoms with Gasteiger partial charge >= 0.3 is 0 Å². The minimum atomic E-state index is 0.648. The van der Waals surface area contributed by atoms with Crippen molar-refractivity contribution in [2.75, 3.05) is 0 Å². The molecule has 0 radical (unpaired) electrons. The minimum Gasteiger partial charge on any atom is -0.256 e. The minimum absolute atomic E-state index is 0.648. The van der Waals surface area contributed by atoms with E-state index in [1.54, 1.807) is 0 Å². The number of aromatic nitrogens is 4. The lowest BCUT2D eigenvalue weighted by Gasteiger charge is -2.13. The molecule has 0 atom stereocenters. The summed E-state index contributed by atoms with van der Waals surface area (Å²) in [5.41, 5.74) is 8.48. The molecule has 206 valence electrons. The Bertz CT molecular complexity index is 2220. The van der Waals surface area contributed by atoms with E-state index in [-0.39, 0.29) is 0 Å². The van der Waals surface area contributed by atoms with Crippen LogP contribution >= 0.6 is 0 Å². The van der Waals surface area contributed by atoms with Crippen LogP contribution < -0.4 is 0 Å². The van der Waals surface area contributed by atoms with Crippen LogP contribution in [0, 0.1) is 0 Å². The van der Waals surface area contributed by atoms with Crippen molar-refractivity contribution in [1.82, 2.24) is 19.9 Å². The highest BCUT2D eigenvalue weighted by Crippen LogP contribution is 2.35. The zero-order chi connectivity index (χ0) is 29.3. The molecule has 0 aliphatic heterocycles. The van der Waals surface area contributed by atoms with Gasteiger partial charge in [-0.2, -0.15) is 0 Å². The molecule has 0 saturated heterocycles. The fraction of sp³-hybridized carbons (Fsp3) is 0. The Kier molecular flexibility index (Phi) is 6.43. The van der Waals surface area contributed by atoms with Gasteiger partial charge in [-0.05, 0) is 47.2 Å². The first kappa shape index (κ1) is 25.7. The van der Waals surface area contributed by atoms with Crippen molar-refractivity contribution in [3.63, 3.8) is 0 Å². The second-order valence-electron chi connectivity index (χ2n) is 10.8. The molecular weight excluding hydrogens is 536 g/mol. The van der Waals surface area contributed by atoms with Crippen LogP contribution in [-0.2, 0) is 0 Å². The summed E-state index contributed by atoms with van der Waals surface area (Å²) in [5.74, 6) is 0.648. The maximum absolute atomic E-state index is 5.13. The molecule has 0 unspecified atom stereocenters. The van der Waals surface area contributed by atoms with E-state index in [0.29, 0.717) is 5.82 Å². The van der Waals surface area contributed by atoms with Crippen LogP contribution in [0.4, 0.5) is 0 Å². The van der Waals surface area contributed by atoms with Gasteiger partial charge in [-0.1, -0.05) is 109 Å². The lowest BCUT2D eigenvalue weighted by molar-refractivity contribution is 1.18. The van der Waals surface area contributed by atoms with E-state index in [4.69, 9.17) is 19.9 Å². The van der Waals surface area contributed by atoms with Gasteiger partial charge in [-0.25, -0.2) is 9.97 Å². The fourth-order valence-corrected chi connectivity index (χ4v) is 5.72. The van der Waals surface area contributed by atoms with Gasteiger partial charge in [0.15, 0.2) is 5.82 Å². The van der Waals surface area contributed by atoms with Crippen molar-refractivity contribution in [3.05, 3.63) is 158 Å². The van der Waals surface area contributed by atoms with Crippen LogP contribution in [0.3, 0.4) is 0 Å². The molecule has 5 aromatic carbocycles. The van der Waals surface area contributed by atoms with E-state index in [1.165, 1.54) is 0 Å². The van der Waals surface area contributed by atoms with Crippen LogP contribution in [0.5, 0.6) is 0 Å². The molecule has 44 heavy (non-hydrogen) atoms. The molecule has 0 amide bonds. The number of hydrogen-bond acceptors (Lipinski definition) is 4. The van der Waals surface area contributed by atoms with Gasteiger partial charge < -0.3 is 0 Å². The van der Waals surface area contributed by atoms with Gasteiger partial charge in [-0.3, -0.25) is 9.97 Å². The summed E-state index contributed by atoms with van der Waals surface area (Å²) in [6.45, 7) is 0. The summed E-state index contributed by atoms with van der Waals surface area (Å²) >= 11 is 0. The van der Waals surface area contributed by atoms with E-state index in [2.05, 4.69) is 97.1 Å². The fourth-order valence-electron chi connectivity index (χ4n) is 5.72.